The van der Waals surface area contributed by atoms with Gasteiger partial charge in [-0.2, -0.15) is 0 Å². The Bertz CT molecular complexity index is 761. The highest BCUT2D eigenvalue weighted by atomic mass is 127. The largest absolute Gasteiger partial charge is 0.497 e. The number of furan rings is 1. The predicted octanol–water partition coefficient (Wildman–Crippen LogP) is 1.99. The summed E-state index contributed by atoms with van der Waals surface area (Å²) in [5.41, 5.74) is -0.228. The maximum atomic E-state index is 12.1. The number of carbonyl (C=O) groups excluding carboxylic acids is 1. The van der Waals surface area contributed by atoms with E-state index in [4.69, 9.17) is 9.15 Å². The lowest BCUT2D eigenvalue weighted by molar-refractivity contribution is -0.119. The molecule has 0 spiro atoms. The molecule has 1 aromatic carbocycles. The van der Waals surface area contributed by atoms with Gasteiger partial charge in [-0.1, -0.05) is 12.1 Å². The molecule has 0 aliphatic rings. The monoisotopic (exact) mass is 516 g/mol. The van der Waals surface area contributed by atoms with Gasteiger partial charge in [-0.15, -0.1) is 24.0 Å². The Labute approximate surface area is 188 Å². The third-order valence-electron chi connectivity index (χ3n) is 4.03. The number of nitrogens with one attached hydrogen (secondary N) is 3. The van der Waals surface area contributed by atoms with Crippen LogP contribution in [0.15, 0.2) is 52.1 Å². The molecule has 2 aromatic rings. The van der Waals surface area contributed by atoms with Crippen molar-refractivity contribution in [1.82, 2.24) is 16.0 Å². The molecule has 0 bridgehead atoms. The fourth-order valence-electron chi connectivity index (χ4n) is 2.42. The van der Waals surface area contributed by atoms with E-state index in [2.05, 4.69) is 20.9 Å². The van der Waals surface area contributed by atoms with Crippen molar-refractivity contribution in [3.63, 3.8) is 0 Å². The lowest BCUT2D eigenvalue weighted by atomic mass is 10.0. The SMILES string of the molecule is CCNC(=NCC(=O)NCc1ccc(OC)cc1)NCC(C)(O)c1ccco1.I. The Morgan fingerprint density at radius 1 is 1.21 bits per heavy atom. The van der Waals surface area contributed by atoms with Crippen LogP contribution in [0.1, 0.15) is 25.2 Å². The molecule has 160 valence electrons. The van der Waals surface area contributed by atoms with E-state index in [0.717, 1.165) is 11.3 Å². The Hall–Kier alpha value is -2.27. The summed E-state index contributed by atoms with van der Waals surface area (Å²) in [4.78, 5) is 16.3. The van der Waals surface area contributed by atoms with Crippen LogP contribution in [0.4, 0.5) is 0 Å². The number of halogens is 1. The van der Waals surface area contributed by atoms with Gasteiger partial charge < -0.3 is 30.2 Å². The number of carbonyl (C=O) groups is 1. The molecule has 29 heavy (non-hydrogen) atoms. The van der Waals surface area contributed by atoms with E-state index in [0.29, 0.717) is 24.8 Å². The van der Waals surface area contributed by atoms with Gasteiger partial charge in [0.15, 0.2) is 5.96 Å². The molecule has 0 fully saturated rings. The number of guanidine groups is 1. The Morgan fingerprint density at radius 2 is 1.93 bits per heavy atom. The summed E-state index contributed by atoms with van der Waals surface area (Å²) < 4.78 is 10.4. The van der Waals surface area contributed by atoms with Gasteiger partial charge >= 0.3 is 0 Å². The highest BCUT2D eigenvalue weighted by Crippen LogP contribution is 2.19. The summed E-state index contributed by atoms with van der Waals surface area (Å²) in [6, 6.07) is 10.9. The molecule has 1 aromatic heterocycles. The molecule has 0 aliphatic heterocycles. The van der Waals surface area contributed by atoms with Crippen molar-refractivity contribution in [2.75, 3.05) is 26.7 Å². The van der Waals surface area contributed by atoms with E-state index < -0.39 is 5.60 Å². The highest BCUT2D eigenvalue weighted by molar-refractivity contribution is 14.0. The van der Waals surface area contributed by atoms with Crippen molar-refractivity contribution < 1.29 is 19.1 Å². The van der Waals surface area contributed by atoms with Crippen LogP contribution in [0.25, 0.3) is 0 Å². The Kier molecular flexibility index (Phi) is 10.5. The number of hydrogen-bond acceptors (Lipinski definition) is 5. The summed E-state index contributed by atoms with van der Waals surface area (Å²) >= 11 is 0. The normalized spacial score (nSPS) is 13.0. The standard InChI is InChI=1S/C20H28N4O4.HI/c1-4-21-19(24-14-20(2,26)17-6-5-11-28-17)23-13-18(25)22-12-15-7-9-16(27-3)10-8-15;/h5-11,26H,4,12-14H2,1-3H3,(H,22,25)(H2,21,23,24);1H. The molecule has 0 radical (unpaired) electrons. The zero-order valence-electron chi connectivity index (χ0n) is 16.9. The minimum atomic E-state index is -1.20. The van der Waals surface area contributed by atoms with Crippen LogP contribution in [0.5, 0.6) is 5.75 Å². The van der Waals surface area contributed by atoms with Crippen molar-refractivity contribution in [2.45, 2.75) is 26.0 Å². The van der Waals surface area contributed by atoms with Gasteiger partial charge in [-0.05, 0) is 43.7 Å². The summed E-state index contributed by atoms with van der Waals surface area (Å²) in [7, 11) is 1.61. The van der Waals surface area contributed by atoms with Crippen molar-refractivity contribution in [3.8, 4) is 5.75 Å². The molecule has 0 aliphatic carbocycles. The molecular formula is C20H29IN4O4. The van der Waals surface area contributed by atoms with Crippen LogP contribution in [0.2, 0.25) is 0 Å². The van der Waals surface area contributed by atoms with Crippen LogP contribution in [0.3, 0.4) is 0 Å². The molecule has 4 N–H and O–H groups in total. The zero-order chi connectivity index (χ0) is 20.4. The quantitative estimate of drug-likeness (QED) is 0.231. The van der Waals surface area contributed by atoms with Gasteiger partial charge in [0.2, 0.25) is 5.91 Å². The minimum Gasteiger partial charge on any atom is -0.497 e. The second-order valence-electron chi connectivity index (χ2n) is 6.42. The second kappa shape index (κ2) is 12.3. The topological polar surface area (TPSA) is 108 Å². The summed E-state index contributed by atoms with van der Waals surface area (Å²) in [5, 5.41) is 19.4. The Balaban J connectivity index is 0.00000420. The summed E-state index contributed by atoms with van der Waals surface area (Å²) in [6.45, 7) is 4.75. The van der Waals surface area contributed by atoms with Crippen molar-refractivity contribution in [1.29, 1.82) is 0 Å². The molecule has 0 saturated heterocycles. The average Bonchev–Trinajstić information content (AvgIpc) is 3.25. The van der Waals surface area contributed by atoms with Gasteiger partial charge in [0.05, 0.1) is 19.9 Å². The molecule has 9 heteroatoms. The van der Waals surface area contributed by atoms with E-state index in [1.807, 2.05) is 31.2 Å². The molecule has 1 atom stereocenters. The molecule has 1 heterocycles. The molecule has 1 amide bonds. The number of nitrogens with zero attached hydrogens (tertiary/aromatic N) is 1. The van der Waals surface area contributed by atoms with Gasteiger partial charge in [0.25, 0.3) is 0 Å². The van der Waals surface area contributed by atoms with E-state index in [9.17, 15) is 9.90 Å². The molecule has 2 rings (SSSR count). The van der Waals surface area contributed by atoms with Crippen molar-refractivity contribution in [3.05, 3.63) is 54.0 Å². The predicted molar refractivity (Wildman–Crippen MR) is 123 cm³/mol. The minimum absolute atomic E-state index is 0. The summed E-state index contributed by atoms with van der Waals surface area (Å²) in [5.74, 6) is 1.46. The molecular weight excluding hydrogens is 487 g/mol. The number of hydrogen-bond donors (Lipinski definition) is 4. The number of rotatable bonds is 9. The number of methoxy groups -OCH3 is 1. The first-order chi connectivity index (χ1) is 13.4. The number of aliphatic hydroxyl groups is 1. The van der Waals surface area contributed by atoms with Gasteiger partial charge in [0, 0.05) is 13.1 Å². The maximum Gasteiger partial charge on any atom is 0.242 e. The molecule has 0 saturated carbocycles. The number of aliphatic imine (C=N–C) groups is 1. The van der Waals surface area contributed by atoms with Crippen molar-refractivity contribution >= 4 is 35.8 Å². The van der Waals surface area contributed by atoms with Crippen molar-refractivity contribution in [2.24, 2.45) is 4.99 Å². The zero-order valence-corrected chi connectivity index (χ0v) is 19.2. The third-order valence-corrected chi connectivity index (χ3v) is 4.03. The van der Waals surface area contributed by atoms with Gasteiger partial charge in [-0.3, -0.25) is 4.79 Å². The first-order valence-corrected chi connectivity index (χ1v) is 9.12. The second-order valence-corrected chi connectivity index (χ2v) is 6.42. The first kappa shape index (κ1) is 24.8. The molecule has 8 nitrogen and oxygen atoms in total. The smallest absolute Gasteiger partial charge is 0.242 e. The lowest BCUT2D eigenvalue weighted by Gasteiger charge is -2.22. The number of ether oxygens (including phenoxy) is 1. The van der Waals surface area contributed by atoms with Crippen LogP contribution in [0, 0.1) is 0 Å². The van der Waals surface area contributed by atoms with E-state index in [1.54, 1.807) is 26.2 Å². The third kappa shape index (κ3) is 8.32. The number of benzene rings is 1. The summed E-state index contributed by atoms with van der Waals surface area (Å²) in [6.07, 6.45) is 1.51. The Morgan fingerprint density at radius 3 is 2.52 bits per heavy atom. The lowest BCUT2D eigenvalue weighted by Crippen LogP contribution is -2.44. The first-order valence-electron chi connectivity index (χ1n) is 9.12. The van der Waals surface area contributed by atoms with Crippen LogP contribution in [-0.2, 0) is 16.9 Å². The number of amides is 1. The highest BCUT2D eigenvalue weighted by Gasteiger charge is 2.26. The van der Waals surface area contributed by atoms with Gasteiger partial charge in [0.1, 0.15) is 23.7 Å². The van der Waals surface area contributed by atoms with E-state index in [1.165, 1.54) is 6.26 Å². The van der Waals surface area contributed by atoms with Crippen LogP contribution >= 0.6 is 24.0 Å². The fraction of sp³-hybridized carbons (Fsp3) is 0.400. The van der Waals surface area contributed by atoms with E-state index in [-0.39, 0.29) is 43.0 Å². The van der Waals surface area contributed by atoms with Gasteiger partial charge in [-0.25, -0.2) is 4.99 Å². The fourth-order valence-corrected chi connectivity index (χ4v) is 2.42. The van der Waals surface area contributed by atoms with E-state index >= 15 is 0 Å². The maximum absolute atomic E-state index is 12.1. The van der Waals surface area contributed by atoms with Crippen LogP contribution in [-0.4, -0.2) is 43.7 Å². The van der Waals surface area contributed by atoms with Crippen LogP contribution < -0.4 is 20.7 Å². The average molecular weight is 516 g/mol. The molecule has 1 unspecified atom stereocenters.